The standard InChI is InChI=1S/C20H28FN5O.HI/c1-13(2)25-19(27)15-5-4-6-17(10-15)26-20(23-3)24-12-16-9-14(11-22)7-8-18(16)21;/h7-9,13,15,17H,4-6,10,12H2,1-3H3,(H,25,27)(H2,23,24,26);1H. The molecule has 1 aromatic rings. The van der Waals surface area contributed by atoms with E-state index in [2.05, 4.69) is 20.9 Å². The SMILES string of the molecule is CN=C(NCc1cc(C#N)ccc1F)NC1CCCC(C(=O)NC(C)C)C1.I. The highest BCUT2D eigenvalue weighted by Gasteiger charge is 2.28. The lowest BCUT2D eigenvalue weighted by Crippen LogP contribution is -2.47. The van der Waals surface area contributed by atoms with Crippen LogP contribution in [0.5, 0.6) is 0 Å². The topological polar surface area (TPSA) is 89.3 Å². The molecule has 2 atom stereocenters. The summed E-state index contributed by atoms with van der Waals surface area (Å²) in [4.78, 5) is 16.5. The van der Waals surface area contributed by atoms with Crippen molar-refractivity contribution in [1.82, 2.24) is 16.0 Å². The van der Waals surface area contributed by atoms with Gasteiger partial charge in [0.05, 0.1) is 11.6 Å². The Morgan fingerprint density at radius 3 is 2.79 bits per heavy atom. The second kappa shape index (κ2) is 11.8. The van der Waals surface area contributed by atoms with Crippen LogP contribution in [0.3, 0.4) is 0 Å². The first-order valence-electron chi connectivity index (χ1n) is 9.39. The van der Waals surface area contributed by atoms with Gasteiger partial charge in [-0.2, -0.15) is 5.26 Å². The average molecular weight is 501 g/mol. The van der Waals surface area contributed by atoms with E-state index in [9.17, 15) is 9.18 Å². The highest BCUT2D eigenvalue weighted by atomic mass is 127. The van der Waals surface area contributed by atoms with E-state index in [-0.39, 0.29) is 60.2 Å². The second-order valence-corrected chi connectivity index (χ2v) is 7.21. The smallest absolute Gasteiger partial charge is 0.223 e. The highest BCUT2D eigenvalue weighted by Crippen LogP contribution is 2.24. The lowest BCUT2D eigenvalue weighted by atomic mass is 9.85. The zero-order valence-electron chi connectivity index (χ0n) is 16.6. The number of benzene rings is 1. The van der Waals surface area contributed by atoms with Crippen LogP contribution < -0.4 is 16.0 Å². The van der Waals surface area contributed by atoms with Crippen molar-refractivity contribution in [2.75, 3.05) is 7.05 Å². The number of nitrogens with one attached hydrogen (secondary N) is 3. The van der Waals surface area contributed by atoms with Gasteiger partial charge in [-0.15, -0.1) is 24.0 Å². The summed E-state index contributed by atoms with van der Waals surface area (Å²) >= 11 is 0. The Balaban J connectivity index is 0.00000392. The number of guanidine groups is 1. The minimum atomic E-state index is -0.361. The van der Waals surface area contributed by atoms with Crippen molar-refractivity contribution in [1.29, 1.82) is 5.26 Å². The van der Waals surface area contributed by atoms with Crippen molar-refractivity contribution in [3.63, 3.8) is 0 Å². The van der Waals surface area contributed by atoms with Gasteiger partial charge >= 0.3 is 0 Å². The predicted molar refractivity (Wildman–Crippen MR) is 119 cm³/mol. The molecule has 0 aliphatic heterocycles. The number of hydrogen-bond acceptors (Lipinski definition) is 3. The number of rotatable bonds is 5. The lowest BCUT2D eigenvalue weighted by Gasteiger charge is -2.30. The normalized spacial score (nSPS) is 19.4. The molecule has 2 unspecified atom stereocenters. The minimum Gasteiger partial charge on any atom is -0.354 e. The molecule has 0 radical (unpaired) electrons. The van der Waals surface area contributed by atoms with Gasteiger partial charge in [-0.3, -0.25) is 9.79 Å². The Labute approximate surface area is 183 Å². The van der Waals surface area contributed by atoms with Crippen LogP contribution >= 0.6 is 24.0 Å². The number of halogens is 2. The molecule has 0 bridgehead atoms. The van der Waals surface area contributed by atoms with Crippen molar-refractivity contribution in [3.8, 4) is 6.07 Å². The zero-order valence-corrected chi connectivity index (χ0v) is 18.9. The maximum atomic E-state index is 13.9. The fourth-order valence-corrected chi connectivity index (χ4v) is 3.31. The molecule has 28 heavy (non-hydrogen) atoms. The van der Waals surface area contributed by atoms with Gasteiger partial charge < -0.3 is 16.0 Å². The Kier molecular flexibility index (Phi) is 10.2. The first-order valence-corrected chi connectivity index (χ1v) is 9.39. The molecule has 1 aliphatic carbocycles. The molecule has 1 aliphatic rings. The molecule has 6 nitrogen and oxygen atoms in total. The first-order chi connectivity index (χ1) is 12.9. The van der Waals surface area contributed by atoms with Crippen LogP contribution in [0.1, 0.15) is 50.7 Å². The molecule has 0 saturated heterocycles. The van der Waals surface area contributed by atoms with Crippen LogP contribution in [0.15, 0.2) is 23.2 Å². The summed E-state index contributed by atoms with van der Waals surface area (Å²) in [6.07, 6.45) is 3.58. The predicted octanol–water partition coefficient (Wildman–Crippen LogP) is 3.06. The van der Waals surface area contributed by atoms with E-state index >= 15 is 0 Å². The van der Waals surface area contributed by atoms with Crippen molar-refractivity contribution in [2.45, 2.75) is 58.2 Å². The molecule has 1 aromatic carbocycles. The van der Waals surface area contributed by atoms with Crippen LogP contribution in [-0.2, 0) is 11.3 Å². The summed E-state index contributed by atoms with van der Waals surface area (Å²) in [6.45, 7) is 4.15. The van der Waals surface area contributed by atoms with Gasteiger partial charge in [-0.1, -0.05) is 6.42 Å². The molecule has 3 N–H and O–H groups in total. The molecule has 1 fully saturated rings. The third-order valence-corrected chi connectivity index (χ3v) is 4.66. The molecule has 0 aromatic heterocycles. The van der Waals surface area contributed by atoms with Crippen LogP contribution in [0.4, 0.5) is 4.39 Å². The van der Waals surface area contributed by atoms with Crippen LogP contribution in [0, 0.1) is 23.1 Å². The fraction of sp³-hybridized carbons (Fsp3) is 0.550. The van der Waals surface area contributed by atoms with Gasteiger partial charge in [-0.05, 0) is 51.3 Å². The Hall–Kier alpha value is -1.89. The number of nitriles is 1. The Morgan fingerprint density at radius 1 is 1.39 bits per heavy atom. The monoisotopic (exact) mass is 501 g/mol. The molecule has 8 heteroatoms. The van der Waals surface area contributed by atoms with Crippen molar-refractivity contribution in [3.05, 3.63) is 35.1 Å². The molecule has 2 rings (SSSR count). The van der Waals surface area contributed by atoms with E-state index in [1.165, 1.54) is 18.2 Å². The maximum absolute atomic E-state index is 13.9. The van der Waals surface area contributed by atoms with Gasteiger partial charge in [0.25, 0.3) is 0 Å². The van der Waals surface area contributed by atoms with E-state index < -0.39 is 0 Å². The summed E-state index contributed by atoms with van der Waals surface area (Å²) in [5.41, 5.74) is 0.831. The summed E-state index contributed by atoms with van der Waals surface area (Å²) in [7, 11) is 1.66. The second-order valence-electron chi connectivity index (χ2n) is 7.21. The fourth-order valence-electron chi connectivity index (χ4n) is 3.31. The molecule has 0 heterocycles. The molecule has 1 amide bonds. The lowest BCUT2D eigenvalue weighted by molar-refractivity contribution is -0.126. The van der Waals surface area contributed by atoms with Crippen LogP contribution in [-0.4, -0.2) is 31.0 Å². The highest BCUT2D eigenvalue weighted by molar-refractivity contribution is 14.0. The minimum absolute atomic E-state index is 0. The van der Waals surface area contributed by atoms with E-state index in [1.807, 2.05) is 19.9 Å². The number of aliphatic imine (C=N–C) groups is 1. The largest absolute Gasteiger partial charge is 0.354 e. The molecular formula is C20H29FIN5O. The number of carbonyl (C=O) groups is 1. The van der Waals surface area contributed by atoms with Crippen LogP contribution in [0.25, 0.3) is 0 Å². The van der Waals surface area contributed by atoms with Crippen molar-refractivity contribution >= 4 is 35.8 Å². The van der Waals surface area contributed by atoms with E-state index in [4.69, 9.17) is 5.26 Å². The third kappa shape index (κ3) is 7.26. The number of nitrogens with zero attached hydrogens (tertiary/aromatic N) is 2. The van der Waals surface area contributed by atoms with Gasteiger partial charge in [0.1, 0.15) is 5.82 Å². The quantitative estimate of drug-likeness (QED) is 0.329. The van der Waals surface area contributed by atoms with Crippen molar-refractivity contribution in [2.24, 2.45) is 10.9 Å². The summed E-state index contributed by atoms with van der Waals surface area (Å²) < 4.78 is 13.9. The maximum Gasteiger partial charge on any atom is 0.223 e. The van der Waals surface area contributed by atoms with Gasteiger partial charge in [0.2, 0.25) is 5.91 Å². The molecule has 1 saturated carbocycles. The summed E-state index contributed by atoms with van der Waals surface area (Å²) in [5, 5.41) is 18.4. The Bertz CT molecular complexity index is 732. The number of amides is 1. The molecule has 154 valence electrons. The first kappa shape index (κ1) is 24.1. The summed E-state index contributed by atoms with van der Waals surface area (Å²) in [5.74, 6) is 0.308. The third-order valence-electron chi connectivity index (χ3n) is 4.66. The van der Waals surface area contributed by atoms with Gasteiger partial charge in [-0.25, -0.2) is 4.39 Å². The van der Waals surface area contributed by atoms with Gasteiger partial charge in [0, 0.05) is 37.2 Å². The van der Waals surface area contributed by atoms with Gasteiger partial charge in [0.15, 0.2) is 5.96 Å². The molecular weight excluding hydrogens is 472 g/mol. The van der Waals surface area contributed by atoms with E-state index in [0.717, 1.165) is 25.7 Å². The van der Waals surface area contributed by atoms with E-state index in [1.54, 1.807) is 7.05 Å². The Morgan fingerprint density at radius 2 is 2.14 bits per heavy atom. The molecule has 0 spiro atoms. The van der Waals surface area contributed by atoms with Crippen LogP contribution in [0.2, 0.25) is 0 Å². The number of carbonyl (C=O) groups excluding carboxylic acids is 1. The van der Waals surface area contributed by atoms with Crippen molar-refractivity contribution < 1.29 is 9.18 Å². The van der Waals surface area contributed by atoms with E-state index in [0.29, 0.717) is 17.1 Å². The zero-order chi connectivity index (χ0) is 19.8. The average Bonchev–Trinajstić information content (AvgIpc) is 2.65. The number of hydrogen-bond donors (Lipinski definition) is 3. The summed E-state index contributed by atoms with van der Waals surface area (Å²) in [6, 6.07) is 6.57.